The highest BCUT2D eigenvalue weighted by atomic mass is 79.9. The van der Waals surface area contributed by atoms with E-state index in [9.17, 15) is 4.79 Å². The normalized spacial score (nSPS) is 11.1. The molecule has 1 N–H and O–H groups in total. The van der Waals surface area contributed by atoms with E-state index in [-0.39, 0.29) is 11.9 Å². The van der Waals surface area contributed by atoms with Crippen molar-refractivity contribution >= 4 is 21.8 Å². The van der Waals surface area contributed by atoms with Crippen LogP contribution in [0.2, 0.25) is 0 Å². The monoisotopic (exact) mass is 338 g/mol. The fourth-order valence-electron chi connectivity index (χ4n) is 2.14. The molecule has 0 aliphatic heterocycles. The number of amides is 1. The smallest absolute Gasteiger partial charge is 0.268 e. The van der Waals surface area contributed by atoms with Crippen molar-refractivity contribution in [2.45, 2.75) is 33.4 Å². The molecular weight excluding hydrogens is 320 g/mol. The molecule has 2 rings (SSSR count). The van der Waals surface area contributed by atoms with Gasteiger partial charge in [-0.05, 0) is 42.8 Å². The van der Waals surface area contributed by atoms with Gasteiger partial charge in [-0.25, -0.2) is 0 Å². The number of nitrogens with one attached hydrogen (secondary N) is 1. The Balaban J connectivity index is 2.11. The molecule has 0 spiro atoms. The van der Waals surface area contributed by atoms with Gasteiger partial charge < -0.3 is 9.88 Å². The average molecular weight is 339 g/mol. The number of hydrogen-bond donors (Lipinski definition) is 1. The average Bonchev–Trinajstić information content (AvgIpc) is 2.89. The Morgan fingerprint density at radius 2 is 2.15 bits per heavy atom. The fraction of sp³-hybridized carbons (Fsp3) is 0.429. The predicted octanol–water partition coefficient (Wildman–Crippen LogP) is 2.80. The summed E-state index contributed by atoms with van der Waals surface area (Å²) in [7, 11) is 1.87. The maximum absolute atomic E-state index is 12.3. The first-order chi connectivity index (χ1) is 9.38. The Bertz CT molecular complexity index is 627. The van der Waals surface area contributed by atoms with Crippen molar-refractivity contribution < 1.29 is 4.79 Å². The van der Waals surface area contributed by atoms with Gasteiger partial charge in [0.2, 0.25) is 0 Å². The lowest BCUT2D eigenvalue weighted by molar-refractivity contribution is 0.0940. The number of aromatic nitrogens is 3. The molecule has 0 fully saturated rings. The zero-order valence-corrected chi connectivity index (χ0v) is 13.7. The summed E-state index contributed by atoms with van der Waals surface area (Å²) in [5.41, 5.74) is 2.63. The van der Waals surface area contributed by atoms with Crippen LogP contribution in [-0.2, 0) is 13.6 Å². The number of carbonyl (C=O) groups is 1. The first kappa shape index (κ1) is 14.8. The van der Waals surface area contributed by atoms with E-state index in [1.807, 2.05) is 37.0 Å². The van der Waals surface area contributed by atoms with Crippen molar-refractivity contribution in [2.24, 2.45) is 7.05 Å². The van der Waals surface area contributed by atoms with Crippen LogP contribution in [0.15, 0.2) is 22.9 Å². The second-order valence-electron chi connectivity index (χ2n) is 5.14. The largest absolute Gasteiger partial charge is 0.347 e. The highest BCUT2D eigenvalue weighted by Crippen LogP contribution is 2.19. The summed E-state index contributed by atoms with van der Waals surface area (Å²) >= 11 is 3.42. The molecule has 0 saturated heterocycles. The van der Waals surface area contributed by atoms with Gasteiger partial charge in [-0.2, -0.15) is 5.10 Å². The highest BCUT2D eigenvalue weighted by molar-refractivity contribution is 9.10. The molecule has 0 saturated carbocycles. The molecule has 0 aromatic carbocycles. The number of nitrogens with zero attached hydrogens (tertiary/aromatic N) is 3. The van der Waals surface area contributed by atoms with Crippen LogP contribution in [0.1, 0.15) is 41.6 Å². The first-order valence-electron chi connectivity index (χ1n) is 6.53. The molecule has 0 bridgehead atoms. The minimum atomic E-state index is -0.0762. The molecule has 6 heteroatoms. The summed E-state index contributed by atoms with van der Waals surface area (Å²) in [6.07, 6.45) is 3.85. The summed E-state index contributed by atoms with van der Waals surface area (Å²) < 4.78 is 4.62. The summed E-state index contributed by atoms with van der Waals surface area (Å²) in [6, 6.07) is 2.08. The third kappa shape index (κ3) is 3.12. The summed E-state index contributed by atoms with van der Waals surface area (Å²) in [4.78, 5) is 12.3. The molecule has 0 aliphatic carbocycles. The highest BCUT2D eigenvalue weighted by Gasteiger charge is 2.15. The van der Waals surface area contributed by atoms with Crippen LogP contribution in [0.3, 0.4) is 0 Å². The van der Waals surface area contributed by atoms with Gasteiger partial charge in [0.25, 0.3) is 5.91 Å². The Labute approximate surface area is 127 Å². The number of carbonyl (C=O) groups excluding carboxylic acids is 1. The van der Waals surface area contributed by atoms with Crippen LogP contribution in [0, 0.1) is 6.92 Å². The second-order valence-corrected chi connectivity index (χ2v) is 6.06. The Kier molecular flexibility index (Phi) is 4.32. The zero-order valence-electron chi connectivity index (χ0n) is 12.1. The molecule has 0 radical (unpaired) electrons. The Morgan fingerprint density at radius 1 is 1.45 bits per heavy atom. The van der Waals surface area contributed by atoms with Crippen molar-refractivity contribution in [3.8, 4) is 0 Å². The van der Waals surface area contributed by atoms with Gasteiger partial charge in [-0.1, -0.05) is 0 Å². The number of hydrogen-bond acceptors (Lipinski definition) is 2. The zero-order chi connectivity index (χ0) is 14.9. The molecule has 2 heterocycles. The van der Waals surface area contributed by atoms with Crippen LogP contribution in [0.25, 0.3) is 0 Å². The summed E-state index contributed by atoms with van der Waals surface area (Å²) in [5.74, 6) is -0.0762. The van der Waals surface area contributed by atoms with E-state index in [0.29, 0.717) is 12.2 Å². The van der Waals surface area contributed by atoms with E-state index in [4.69, 9.17) is 0 Å². The molecule has 0 aliphatic rings. The summed E-state index contributed by atoms with van der Waals surface area (Å²) in [5, 5.41) is 7.21. The number of rotatable bonds is 4. The van der Waals surface area contributed by atoms with E-state index in [0.717, 1.165) is 15.7 Å². The van der Waals surface area contributed by atoms with Crippen LogP contribution in [-0.4, -0.2) is 20.3 Å². The Hall–Kier alpha value is -1.56. The maximum Gasteiger partial charge on any atom is 0.268 e. The van der Waals surface area contributed by atoms with Gasteiger partial charge in [-0.3, -0.25) is 9.48 Å². The molecular formula is C14H19BrN4O. The first-order valence-corrected chi connectivity index (χ1v) is 7.32. The molecule has 1 amide bonds. The van der Waals surface area contributed by atoms with Crippen LogP contribution >= 0.6 is 15.9 Å². The molecule has 5 nitrogen and oxygen atoms in total. The third-order valence-corrected chi connectivity index (χ3v) is 3.59. The lowest BCUT2D eigenvalue weighted by Gasteiger charge is -2.12. The quantitative estimate of drug-likeness (QED) is 0.931. The van der Waals surface area contributed by atoms with Crippen LogP contribution in [0.4, 0.5) is 0 Å². The van der Waals surface area contributed by atoms with Crippen molar-refractivity contribution in [3.05, 3.63) is 39.9 Å². The van der Waals surface area contributed by atoms with E-state index in [1.165, 1.54) is 0 Å². The fourth-order valence-corrected chi connectivity index (χ4v) is 2.58. The molecule has 20 heavy (non-hydrogen) atoms. The topological polar surface area (TPSA) is 51.9 Å². The predicted molar refractivity (Wildman–Crippen MR) is 81.6 cm³/mol. The lowest BCUT2D eigenvalue weighted by Crippen LogP contribution is -2.26. The molecule has 108 valence electrons. The van der Waals surface area contributed by atoms with Gasteiger partial charge in [-0.15, -0.1) is 0 Å². The van der Waals surface area contributed by atoms with Crippen molar-refractivity contribution in [2.75, 3.05) is 0 Å². The minimum absolute atomic E-state index is 0.0762. The maximum atomic E-state index is 12.3. The van der Waals surface area contributed by atoms with Gasteiger partial charge in [0.1, 0.15) is 5.69 Å². The summed E-state index contributed by atoms with van der Waals surface area (Å²) in [6.45, 7) is 6.53. The van der Waals surface area contributed by atoms with Gasteiger partial charge in [0.05, 0.1) is 5.69 Å². The third-order valence-electron chi connectivity index (χ3n) is 3.16. The molecule has 0 atom stereocenters. The van der Waals surface area contributed by atoms with E-state index >= 15 is 0 Å². The Morgan fingerprint density at radius 3 is 2.70 bits per heavy atom. The SMILES string of the molecule is Cc1nn(C)cc1CNC(=O)c1cc(Br)cn1C(C)C. The van der Waals surface area contributed by atoms with Crippen LogP contribution in [0.5, 0.6) is 0 Å². The van der Waals surface area contributed by atoms with Crippen molar-refractivity contribution in [1.82, 2.24) is 19.7 Å². The van der Waals surface area contributed by atoms with Gasteiger partial charge in [0, 0.05) is 42.1 Å². The van der Waals surface area contributed by atoms with E-state index < -0.39 is 0 Å². The van der Waals surface area contributed by atoms with Gasteiger partial charge >= 0.3 is 0 Å². The minimum Gasteiger partial charge on any atom is -0.347 e. The lowest BCUT2D eigenvalue weighted by atomic mass is 10.2. The van der Waals surface area contributed by atoms with E-state index in [2.05, 4.69) is 40.2 Å². The van der Waals surface area contributed by atoms with E-state index in [1.54, 1.807) is 4.68 Å². The number of halogens is 1. The van der Waals surface area contributed by atoms with Crippen LogP contribution < -0.4 is 5.32 Å². The number of aryl methyl sites for hydroxylation is 2. The molecule has 2 aromatic rings. The molecule has 0 unspecified atom stereocenters. The van der Waals surface area contributed by atoms with Crippen molar-refractivity contribution in [1.29, 1.82) is 0 Å². The second kappa shape index (κ2) is 5.83. The van der Waals surface area contributed by atoms with Crippen molar-refractivity contribution in [3.63, 3.8) is 0 Å². The van der Waals surface area contributed by atoms with Gasteiger partial charge in [0.15, 0.2) is 0 Å². The molecule has 2 aromatic heterocycles. The standard InChI is InChI=1S/C14H19BrN4O/c1-9(2)19-8-12(15)5-13(19)14(20)16-6-11-7-18(4)17-10(11)3/h5,7-9H,6H2,1-4H3,(H,16,20).